The Bertz CT molecular complexity index is 657. The van der Waals surface area contributed by atoms with Gasteiger partial charge in [0.05, 0.1) is 5.52 Å². The van der Waals surface area contributed by atoms with Crippen molar-refractivity contribution in [3.63, 3.8) is 0 Å². The number of fused-ring (bicyclic) bond motifs is 1. The van der Waals surface area contributed by atoms with Gasteiger partial charge in [-0.3, -0.25) is 4.79 Å². The summed E-state index contributed by atoms with van der Waals surface area (Å²) in [5, 5.41) is 0.865. The average Bonchev–Trinajstić information content (AvgIpc) is 2.83. The Kier molecular flexibility index (Phi) is 3.28. The van der Waals surface area contributed by atoms with Crippen molar-refractivity contribution in [3.05, 3.63) is 35.9 Å². The molecule has 1 heterocycles. The number of rotatable bonds is 3. The average molecular weight is 271 g/mol. The number of pyridine rings is 1. The number of benzene rings is 1. The molecule has 0 saturated heterocycles. The number of nitrogens with two attached hydrogens (primary N) is 2. The first-order valence-corrected chi connectivity index (χ1v) is 6.77. The van der Waals surface area contributed by atoms with E-state index in [1.807, 2.05) is 24.3 Å². The molecule has 4 N–H and O–H groups in total. The van der Waals surface area contributed by atoms with Gasteiger partial charge in [-0.15, -0.1) is 0 Å². The lowest BCUT2D eigenvalue weighted by atomic mass is 10.1. The molecule has 0 radical (unpaired) electrons. The second-order valence-electron chi connectivity index (χ2n) is 5.15. The summed E-state index contributed by atoms with van der Waals surface area (Å²) < 4.78 is 5.85. The van der Waals surface area contributed by atoms with E-state index >= 15 is 0 Å². The molecule has 3 rings (SSSR count). The molecule has 1 aliphatic rings. The fourth-order valence-corrected chi connectivity index (χ4v) is 2.61. The van der Waals surface area contributed by atoms with Gasteiger partial charge in [-0.05, 0) is 31.4 Å². The minimum Gasteiger partial charge on any atom is -0.472 e. The maximum absolute atomic E-state index is 11.6. The third-order valence-electron chi connectivity index (χ3n) is 3.72. The van der Waals surface area contributed by atoms with Crippen LogP contribution < -0.4 is 16.2 Å². The number of ether oxygens (including phenoxy) is 1. The van der Waals surface area contributed by atoms with Gasteiger partial charge < -0.3 is 16.2 Å². The summed E-state index contributed by atoms with van der Waals surface area (Å²) in [5.74, 6) is -0.247. The Balaban J connectivity index is 2.03. The van der Waals surface area contributed by atoms with Crippen LogP contribution in [0.3, 0.4) is 0 Å². The minimum atomic E-state index is -0.537. The van der Waals surface area contributed by atoms with Crippen molar-refractivity contribution in [1.29, 1.82) is 0 Å². The van der Waals surface area contributed by atoms with Crippen molar-refractivity contribution in [1.82, 2.24) is 4.98 Å². The van der Waals surface area contributed by atoms with Crippen LogP contribution in [-0.4, -0.2) is 23.0 Å². The highest BCUT2D eigenvalue weighted by atomic mass is 16.5. The first kappa shape index (κ1) is 12.9. The zero-order chi connectivity index (χ0) is 14.1. The molecule has 0 bridgehead atoms. The fraction of sp³-hybridized carbons (Fsp3) is 0.333. The van der Waals surface area contributed by atoms with E-state index in [2.05, 4.69) is 4.98 Å². The molecular formula is C15H17N3O2. The van der Waals surface area contributed by atoms with Crippen LogP contribution in [0, 0.1) is 0 Å². The van der Waals surface area contributed by atoms with Crippen molar-refractivity contribution >= 4 is 16.8 Å². The van der Waals surface area contributed by atoms with Crippen molar-refractivity contribution in [3.8, 4) is 5.88 Å². The van der Waals surface area contributed by atoms with Crippen molar-refractivity contribution < 1.29 is 9.53 Å². The van der Waals surface area contributed by atoms with Crippen LogP contribution in [0.5, 0.6) is 5.88 Å². The number of hydrogen-bond donors (Lipinski definition) is 2. The summed E-state index contributed by atoms with van der Waals surface area (Å²) in [7, 11) is 0. The molecule has 1 saturated carbocycles. The second kappa shape index (κ2) is 5.09. The van der Waals surface area contributed by atoms with Crippen LogP contribution in [0.15, 0.2) is 30.3 Å². The van der Waals surface area contributed by atoms with Gasteiger partial charge >= 0.3 is 0 Å². The molecule has 1 fully saturated rings. The molecule has 1 aromatic carbocycles. The number of carbonyl (C=O) groups is 1. The number of para-hydroxylation sites is 1. The molecule has 5 heteroatoms. The number of aromatic nitrogens is 1. The Hall–Kier alpha value is -2.14. The molecule has 1 aromatic heterocycles. The van der Waals surface area contributed by atoms with Gasteiger partial charge in [-0.2, -0.15) is 0 Å². The summed E-state index contributed by atoms with van der Waals surface area (Å²) in [6.45, 7) is 0. The van der Waals surface area contributed by atoms with Crippen LogP contribution in [0.25, 0.3) is 10.9 Å². The van der Waals surface area contributed by atoms with Gasteiger partial charge in [-0.25, -0.2) is 4.98 Å². The Morgan fingerprint density at radius 2 is 2.10 bits per heavy atom. The highest BCUT2D eigenvalue weighted by Gasteiger charge is 2.27. The van der Waals surface area contributed by atoms with E-state index in [0.29, 0.717) is 11.4 Å². The lowest BCUT2D eigenvalue weighted by Crippen LogP contribution is -2.34. The van der Waals surface area contributed by atoms with Crippen LogP contribution in [0.2, 0.25) is 0 Å². The number of amides is 1. The van der Waals surface area contributed by atoms with Crippen LogP contribution in [-0.2, 0) is 0 Å². The van der Waals surface area contributed by atoms with E-state index in [-0.39, 0.29) is 12.1 Å². The topological polar surface area (TPSA) is 91.2 Å². The Morgan fingerprint density at radius 3 is 2.80 bits per heavy atom. The monoisotopic (exact) mass is 271 g/mol. The van der Waals surface area contributed by atoms with E-state index < -0.39 is 5.91 Å². The summed E-state index contributed by atoms with van der Waals surface area (Å²) in [4.78, 5) is 16.0. The normalized spacial score (nSPS) is 22.1. The molecule has 20 heavy (non-hydrogen) atoms. The maximum atomic E-state index is 11.6. The third kappa shape index (κ3) is 2.32. The Labute approximate surface area is 116 Å². The molecule has 0 spiro atoms. The Morgan fingerprint density at radius 1 is 1.30 bits per heavy atom. The van der Waals surface area contributed by atoms with E-state index in [1.165, 1.54) is 0 Å². The minimum absolute atomic E-state index is 0.0102. The highest BCUT2D eigenvalue weighted by Crippen LogP contribution is 2.27. The van der Waals surface area contributed by atoms with Gasteiger partial charge in [-0.1, -0.05) is 18.2 Å². The van der Waals surface area contributed by atoms with Gasteiger partial charge in [0.1, 0.15) is 11.7 Å². The predicted octanol–water partition coefficient (Wildman–Crippen LogP) is 1.59. The standard InChI is InChI=1S/C15H17N3O2/c16-11-5-3-7-13(11)20-15-10(14(17)19)8-9-4-1-2-6-12(9)18-15/h1-2,4,6,8,11,13H,3,5,7,16H2,(H2,17,19). The molecule has 104 valence electrons. The molecule has 1 aliphatic carbocycles. The summed E-state index contributed by atoms with van der Waals surface area (Å²) in [6, 6.07) is 9.26. The summed E-state index contributed by atoms with van der Waals surface area (Å²) >= 11 is 0. The van der Waals surface area contributed by atoms with Crippen LogP contribution in [0.4, 0.5) is 0 Å². The molecular weight excluding hydrogens is 254 g/mol. The number of carbonyl (C=O) groups excluding carboxylic acids is 1. The fourth-order valence-electron chi connectivity index (χ4n) is 2.61. The number of hydrogen-bond acceptors (Lipinski definition) is 4. The molecule has 1 amide bonds. The molecule has 5 nitrogen and oxygen atoms in total. The lowest BCUT2D eigenvalue weighted by molar-refractivity contribution is 0.0990. The maximum Gasteiger partial charge on any atom is 0.254 e. The molecule has 2 atom stereocenters. The molecule has 2 aromatic rings. The van der Waals surface area contributed by atoms with E-state index in [9.17, 15) is 4.79 Å². The van der Waals surface area contributed by atoms with E-state index in [1.54, 1.807) is 6.07 Å². The van der Waals surface area contributed by atoms with Crippen molar-refractivity contribution in [2.75, 3.05) is 0 Å². The summed E-state index contributed by atoms with van der Waals surface area (Å²) in [5.41, 5.74) is 12.5. The summed E-state index contributed by atoms with van der Waals surface area (Å²) in [6.07, 6.45) is 2.75. The third-order valence-corrected chi connectivity index (χ3v) is 3.72. The first-order chi connectivity index (χ1) is 9.65. The molecule has 0 aliphatic heterocycles. The smallest absolute Gasteiger partial charge is 0.254 e. The predicted molar refractivity (Wildman–Crippen MR) is 76.5 cm³/mol. The lowest BCUT2D eigenvalue weighted by Gasteiger charge is -2.18. The van der Waals surface area contributed by atoms with Crippen LogP contribution in [0.1, 0.15) is 29.6 Å². The number of nitrogens with zero attached hydrogens (tertiary/aromatic N) is 1. The van der Waals surface area contributed by atoms with E-state index in [0.717, 1.165) is 30.2 Å². The highest BCUT2D eigenvalue weighted by molar-refractivity contribution is 5.98. The zero-order valence-electron chi connectivity index (χ0n) is 11.1. The second-order valence-corrected chi connectivity index (χ2v) is 5.15. The largest absolute Gasteiger partial charge is 0.472 e. The zero-order valence-corrected chi connectivity index (χ0v) is 11.1. The van der Waals surface area contributed by atoms with Crippen molar-refractivity contribution in [2.45, 2.75) is 31.4 Å². The van der Waals surface area contributed by atoms with Crippen LogP contribution >= 0.6 is 0 Å². The quantitative estimate of drug-likeness (QED) is 0.886. The van der Waals surface area contributed by atoms with Gasteiger partial charge in [0.2, 0.25) is 5.88 Å². The first-order valence-electron chi connectivity index (χ1n) is 6.77. The molecule has 2 unspecified atom stereocenters. The van der Waals surface area contributed by atoms with Gasteiger partial charge in [0.15, 0.2) is 0 Å². The SMILES string of the molecule is NC(=O)c1cc2ccccc2nc1OC1CCCC1N. The van der Waals surface area contributed by atoms with Gasteiger partial charge in [0, 0.05) is 11.4 Å². The van der Waals surface area contributed by atoms with Gasteiger partial charge in [0.25, 0.3) is 5.91 Å². The van der Waals surface area contributed by atoms with E-state index in [4.69, 9.17) is 16.2 Å². The number of primary amides is 1. The van der Waals surface area contributed by atoms with Crippen molar-refractivity contribution in [2.24, 2.45) is 11.5 Å².